The zero-order valence-corrected chi connectivity index (χ0v) is 8.62. The molecule has 0 aliphatic carbocycles. The van der Waals surface area contributed by atoms with Crippen molar-refractivity contribution in [1.82, 2.24) is 0 Å². The molecule has 0 amide bonds. The van der Waals surface area contributed by atoms with E-state index in [4.69, 9.17) is 10.5 Å². The first-order valence-electron chi connectivity index (χ1n) is 3.68. The van der Waals surface area contributed by atoms with Crippen LogP contribution in [0.25, 0.3) is 6.08 Å². The van der Waals surface area contributed by atoms with Crippen LogP contribution in [0.5, 0.6) is 5.75 Å². The quantitative estimate of drug-likeness (QED) is 0.777. The van der Waals surface area contributed by atoms with Gasteiger partial charge in [0.1, 0.15) is 23.5 Å². The molecule has 0 atom stereocenters. The van der Waals surface area contributed by atoms with Crippen molar-refractivity contribution in [3.8, 4) is 17.9 Å². The lowest BCUT2D eigenvalue weighted by Crippen LogP contribution is -1.77. The van der Waals surface area contributed by atoms with E-state index in [1.54, 1.807) is 24.3 Å². The normalized spacial score (nSPS) is 8.50. The van der Waals surface area contributed by atoms with Gasteiger partial charge < -0.3 is 5.11 Å². The average molecular weight is 249 g/mol. The zero-order valence-electron chi connectivity index (χ0n) is 7.03. The number of phenols is 1. The number of halogens is 1. The molecule has 0 heterocycles. The fraction of sp³-hybridized carbons (Fsp3) is 0. The molecule has 1 aromatic carbocycles. The Labute approximate surface area is 89.6 Å². The molecule has 0 aromatic heterocycles. The van der Waals surface area contributed by atoms with Gasteiger partial charge in [0.2, 0.25) is 0 Å². The third-order valence-corrected chi connectivity index (χ3v) is 2.03. The number of hydrogen-bond acceptors (Lipinski definition) is 3. The molecule has 0 saturated heterocycles. The van der Waals surface area contributed by atoms with Crippen LogP contribution in [0.4, 0.5) is 0 Å². The predicted molar refractivity (Wildman–Crippen MR) is 55.0 cm³/mol. The van der Waals surface area contributed by atoms with E-state index < -0.39 is 0 Å². The lowest BCUT2D eigenvalue weighted by molar-refractivity contribution is 0.473. The van der Waals surface area contributed by atoms with Crippen LogP contribution in [0.15, 0.2) is 28.2 Å². The van der Waals surface area contributed by atoms with E-state index in [0.717, 1.165) is 4.47 Å². The smallest absolute Gasteiger partial charge is 0.130 e. The summed E-state index contributed by atoms with van der Waals surface area (Å²) in [6, 6.07) is 8.28. The maximum atomic E-state index is 9.44. The summed E-state index contributed by atoms with van der Waals surface area (Å²) in [6.45, 7) is 0. The van der Waals surface area contributed by atoms with Gasteiger partial charge in [0.15, 0.2) is 0 Å². The summed E-state index contributed by atoms with van der Waals surface area (Å²) >= 11 is 3.19. The predicted octanol–water partition coefficient (Wildman–Crippen LogP) is 2.59. The van der Waals surface area contributed by atoms with E-state index >= 15 is 0 Å². The lowest BCUT2D eigenvalue weighted by atomic mass is 10.1. The minimum absolute atomic E-state index is 0.0300. The topological polar surface area (TPSA) is 67.8 Å². The lowest BCUT2D eigenvalue weighted by Gasteiger charge is -1.98. The SMILES string of the molecule is N#CC(C#N)=Cc1ccc(Br)cc1O. The molecule has 0 aliphatic rings. The first-order valence-corrected chi connectivity index (χ1v) is 4.47. The minimum atomic E-state index is -0.0392. The number of phenolic OH excluding ortho intramolecular Hbond substituents is 1. The van der Waals surface area contributed by atoms with E-state index in [2.05, 4.69) is 15.9 Å². The second kappa shape index (κ2) is 4.45. The Morgan fingerprint density at radius 1 is 1.36 bits per heavy atom. The van der Waals surface area contributed by atoms with Gasteiger partial charge in [0.05, 0.1) is 0 Å². The van der Waals surface area contributed by atoms with E-state index in [0.29, 0.717) is 5.56 Å². The van der Waals surface area contributed by atoms with E-state index in [1.165, 1.54) is 12.1 Å². The summed E-state index contributed by atoms with van der Waals surface area (Å²) in [4.78, 5) is 0. The first kappa shape index (κ1) is 10.3. The molecule has 0 radical (unpaired) electrons. The molecule has 0 bridgehead atoms. The van der Waals surface area contributed by atoms with Gasteiger partial charge in [-0.25, -0.2) is 0 Å². The van der Waals surface area contributed by atoms with Crippen molar-refractivity contribution in [2.24, 2.45) is 0 Å². The van der Waals surface area contributed by atoms with Crippen LogP contribution in [0, 0.1) is 22.7 Å². The van der Waals surface area contributed by atoms with E-state index in [1.807, 2.05) is 0 Å². The molecule has 0 unspecified atom stereocenters. The van der Waals surface area contributed by atoms with Gasteiger partial charge in [-0.05, 0) is 18.2 Å². The largest absolute Gasteiger partial charge is 0.507 e. The van der Waals surface area contributed by atoms with Crippen molar-refractivity contribution in [1.29, 1.82) is 10.5 Å². The zero-order chi connectivity index (χ0) is 10.6. The Morgan fingerprint density at radius 2 is 2.00 bits per heavy atom. The number of allylic oxidation sites excluding steroid dienone is 1. The summed E-state index contributed by atoms with van der Waals surface area (Å²) < 4.78 is 0.739. The number of nitrogens with zero attached hydrogens (tertiary/aromatic N) is 2. The third-order valence-electron chi connectivity index (χ3n) is 1.53. The van der Waals surface area contributed by atoms with Crippen LogP contribution < -0.4 is 0 Å². The van der Waals surface area contributed by atoms with Crippen molar-refractivity contribution in [2.75, 3.05) is 0 Å². The number of benzene rings is 1. The van der Waals surface area contributed by atoms with Crippen molar-refractivity contribution >= 4 is 22.0 Å². The molecule has 0 saturated carbocycles. The summed E-state index contributed by atoms with van der Waals surface area (Å²) in [7, 11) is 0. The molecule has 4 heteroatoms. The van der Waals surface area contributed by atoms with Gasteiger partial charge in [-0.2, -0.15) is 10.5 Å². The van der Waals surface area contributed by atoms with Crippen LogP contribution in [0.2, 0.25) is 0 Å². The van der Waals surface area contributed by atoms with Gasteiger partial charge in [-0.15, -0.1) is 0 Å². The molecular weight excluding hydrogens is 244 g/mol. The molecule has 1 aromatic rings. The van der Waals surface area contributed by atoms with E-state index in [9.17, 15) is 5.11 Å². The highest BCUT2D eigenvalue weighted by Gasteiger charge is 2.00. The maximum Gasteiger partial charge on any atom is 0.130 e. The molecule has 0 aliphatic heterocycles. The fourth-order valence-electron chi connectivity index (χ4n) is 0.884. The van der Waals surface area contributed by atoms with Crippen LogP contribution in [0.1, 0.15) is 5.56 Å². The Hall–Kier alpha value is -1.78. The highest BCUT2D eigenvalue weighted by molar-refractivity contribution is 9.10. The van der Waals surface area contributed by atoms with Crippen molar-refractivity contribution < 1.29 is 5.11 Å². The number of hydrogen-bond donors (Lipinski definition) is 1. The maximum absolute atomic E-state index is 9.44. The van der Waals surface area contributed by atoms with E-state index in [-0.39, 0.29) is 11.3 Å². The molecule has 0 spiro atoms. The number of nitriles is 2. The Kier molecular flexibility index (Phi) is 3.28. The van der Waals surface area contributed by atoms with Crippen molar-refractivity contribution in [3.63, 3.8) is 0 Å². The first-order chi connectivity index (χ1) is 6.67. The number of rotatable bonds is 1. The summed E-state index contributed by atoms with van der Waals surface area (Å²) in [5.41, 5.74) is 0.411. The summed E-state index contributed by atoms with van der Waals surface area (Å²) in [6.07, 6.45) is 1.34. The highest BCUT2D eigenvalue weighted by atomic mass is 79.9. The molecule has 0 fully saturated rings. The Balaban J connectivity index is 3.18. The second-order valence-electron chi connectivity index (χ2n) is 2.48. The molecular formula is C10H5BrN2O. The van der Waals surface area contributed by atoms with Crippen LogP contribution in [0.3, 0.4) is 0 Å². The summed E-state index contributed by atoms with van der Waals surface area (Å²) in [5.74, 6) is 0.0300. The molecule has 1 rings (SSSR count). The Morgan fingerprint density at radius 3 is 2.50 bits per heavy atom. The molecule has 1 N–H and O–H groups in total. The third kappa shape index (κ3) is 2.35. The Bertz CT molecular complexity index is 450. The minimum Gasteiger partial charge on any atom is -0.507 e. The van der Waals surface area contributed by atoms with Gasteiger partial charge >= 0.3 is 0 Å². The van der Waals surface area contributed by atoms with Crippen molar-refractivity contribution in [2.45, 2.75) is 0 Å². The standard InChI is InChI=1S/C10H5BrN2O/c11-9-2-1-8(10(14)4-9)3-7(5-12)6-13/h1-4,14H. The van der Waals surface area contributed by atoms with Gasteiger partial charge in [0, 0.05) is 10.0 Å². The fourth-order valence-corrected chi connectivity index (χ4v) is 1.23. The molecule has 14 heavy (non-hydrogen) atoms. The number of aromatic hydroxyl groups is 1. The van der Waals surface area contributed by atoms with Crippen LogP contribution in [-0.2, 0) is 0 Å². The van der Waals surface area contributed by atoms with Gasteiger partial charge in [0.25, 0.3) is 0 Å². The van der Waals surface area contributed by atoms with Crippen LogP contribution in [-0.4, -0.2) is 5.11 Å². The highest BCUT2D eigenvalue weighted by Crippen LogP contribution is 2.24. The average Bonchev–Trinajstić information content (AvgIpc) is 2.17. The second-order valence-corrected chi connectivity index (χ2v) is 3.40. The monoisotopic (exact) mass is 248 g/mol. The summed E-state index contributed by atoms with van der Waals surface area (Å²) in [5, 5.41) is 26.4. The molecule has 3 nitrogen and oxygen atoms in total. The van der Waals surface area contributed by atoms with Gasteiger partial charge in [-0.3, -0.25) is 0 Å². The van der Waals surface area contributed by atoms with Crippen LogP contribution >= 0.6 is 15.9 Å². The van der Waals surface area contributed by atoms with Gasteiger partial charge in [-0.1, -0.05) is 22.0 Å². The van der Waals surface area contributed by atoms with Crippen molar-refractivity contribution in [3.05, 3.63) is 33.8 Å². The molecule has 68 valence electrons.